The van der Waals surface area contributed by atoms with E-state index in [4.69, 9.17) is 0 Å². The van der Waals surface area contributed by atoms with Crippen LogP contribution in [0, 0.1) is 28.1 Å². The Balaban J connectivity index is 1.90. The predicted molar refractivity (Wildman–Crippen MR) is 185 cm³/mol. The number of aliphatic hydroxyl groups excluding tert-OH is 3. The standard InChI is InChI=1S/C40H56O4/c1-28(17-13-18-30(3)21-22-35-32(5)23-33(41)25-38(35,6)7)15-11-12-16-29(2)19-14-20-31(4)36(43)24-37(44)40(10)27-34(42)26-39(40,8)9/h11-20,33-34,36,41-43H,23-27H2,1-10H3/b12-11+,17-13+,19-14+,28-15+,29-16+,30-18+,31-20+/t33-,34+,36?,40+/m1/s1. The normalized spacial score (nSPS) is 27.4. The monoisotopic (exact) mass is 600 g/mol. The molecule has 2 rings (SSSR count). The molecule has 0 heterocycles. The summed E-state index contributed by atoms with van der Waals surface area (Å²) in [6.07, 6.45) is 20.8. The fraction of sp³-hybridized carbons (Fsp3) is 0.525. The summed E-state index contributed by atoms with van der Waals surface area (Å²) >= 11 is 0. The number of aliphatic hydroxyl groups is 3. The smallest absolute Gasteiger partial charge is 0.142 e. The number of Topliss-reactive ketones (excluding diaryl/α,β-unsaturated/α-hetero) is 1. The quantitative estimate of drug-likeness (QED) is 0.174. The van der Waals surface area contributed by atoms with Crippen molar-refractivity contribution in [1.29, 1.82) is 0 Å². The summed E-state index contributed by atoms with van der Waals surface area (Å²) in [6.45, 7) is 20.3. The predicted octanol–water partition coefficient (Wildman–Crippen LogP) is 8.45. The summed E-state index contributed by atoms with van der Waals surface area (Å²) in [5, 5.41) is 30.9. The molecule has 0 spiro atoms. The van der Waals surface area contributed by atoms with Gasteiger partial charge >= 0.3 is 0 Å². The van der Waals surface area contributed by atoms with Gasteiger partial charge in [0.25, 0.3) is 0 Å². The second-order valence-corrected chi connectivity index (χ2v) is 14.5. The van der Waals surface area contributed by atoms with Crippen LogP contribution >= 0.6 is 0 Å². The van der Waals surface area contributed by atoms with Crippen molar-refractivity contribution in [3.8, 4) is 11.8 Å². The molecule has 4 atom stereocenters. The molecule has 44 heavy (non-hydrogen) atoms. The minimum absolute atomic E-state index is 0.0106. The zero-order valence-corrected chi connectivity index (χ0v) is 28.8. The first kappa shape index (κ1) is 37.2. The van der Waals surface area contributed by atoms with E-state index in [-0.39, 0.29) is 29.1 Å². The third-order valence-corrected chi connectivity index (χ3v) is 9.43. The van der Waals surface area contributed by atoms with Gasteiger partial charge in [-0.2, -0.15) is 0 Å². The molecule has 4 heteroatoms. The van der Waals surface area contributed by atoms with E-state index in [1.165, 1.54) is 5.57 Å². The van der Waals surface area contributed by atoms with Crippen LogP contribution in [0.1, 0.15) is 101 Å². The number of carbonyl (C=O) groups is 1. The van der Waals surface area contributed by atoms with Crippen LogP contribution in [0.2, 0.25) is 0 Å². The van der Waals surface area contributed by atoms with Crippen molar-refractivity contribution in [3.05, 3.63) is 94.2 Å². The van der Waals surface area contributed by atoms with Gasteiger partial charge in [-0.1, -0.05) is 124 Å². The molecule has 3 N–H and O–H groups in total. The Bertz CT molecular complexity index is 1360. The van der Waals surface area contributed by atoms with E-state index in [2.05, 4.69) is 45.6 Å². The second kappa shape index (κ2) is 15.8. The van der Waals surface area contributed by atoms with Crippen molar-refractivity contribution in [3.63, 3.8) is 0 Å². The van der Waals surface area contributed by atoms with Gasteiger partial charge in [0.15, 0.2) is 0 Å². The zero-order valence-electron chi connectivity index (χ0n) is 28.8. The Hall–Kier alpha value is -2.97. The van der Waals surface area contributed by atoms with Crippen molar-refractivity contribution in [2.24, 2.45) is 16.2 Å². The van der Waals surface area contributed by atoms with Crippen LogP contribution in [0.25, 0.3) is 0 Å². The van der Waals surface area contributed by atoms with E-state index in [1.54, 1.807) is 0 Å². The molecule has 0 amide bonds. The number of hydrogen-bond acceptors (Lipinski definition) is 4. The highest BCUT2D eigenvalue weighted by atomic mass is 16.3. The Morgan fingerprint density at radius 3 is 1.93 bits per heavy atom. The van der Waals surface area contributed by atoms with Gasteiger partial charge in [-0.05, 0) is 76.9 Å². The van der Waals surface area contributed by atoms with Gasteiger partial charge in [0, 0.05) is 22.8 Å². The lowest BCUT2D eigenvalue weighted by atomic mass is 9.65. The largest absolute Gasteiger partial charge is 0.393 e. The summed E-state index contributed by atoms with van der Waals surface area (Å²) < 4.78 is 0. The van der Waals surface area contributed by atoms with Gasteiger partial charge in [0.2, 0.25) is 0 Å². The molecule has 0 radical (unpaired) electrons. The Morgan fingerprint density at radius 2 is 1.41 bits per heavy atom. The highest BCUT2D eigenvalue weighted by Gasteiger charge is 2.53. The molecule has 2 aliphatic carbocycles. The van der Waals surface area contributed by atoms with Crippen LogP contribution in [-0.2, 0) is 4.79 Å². The van der Waals surface area contributed by atoms with Crippen LogP contribution in [0.15, 0.2) is 94.2 Å². The number of carbonyl (C=O) groups excluding carboxylic acids is 1. The Labute approximate surface area is 267 Å². The average Bonchev–Trinajstić information content (AvgIpc) is 3.11. The minimum Gasteiger partial charge on any atom is -0.393 e. The van der Waals surface area contributed by atoms with Crippen molar-refractivity contribution in [2.45, 2.75) is 120 Å². The molecule has 240 valence electrons. The minimum atomic E-state index is -0.839. The molecule has 0 aliphatic heterocycles. The average molecular weight is 601 g/mol. The summed E-state index contributed by atoms with van der Waals surface area (Å²) in [5.41, 5.74) is 5.22. The topological polar surface area (TPSA) is 77.8 Å². The molecule has 0 aromatic carbocycles. The summed E-state index contributed by atoms with van der Waals surface area (Å²) in [7, 11) is 0. The van der Waals surface area contributed by atoms with E-state index in [0.29, 0.717) is 19.3 Å². The van der Waals surface area contributed by atoms with E-state index >= 15 is 0 Å². The molecular formula is C40H56O4. The highest BCUT2D eigenvalue weighted by Crippen LogP contribution is 2.53. The van der Waals surface area contributed by atoms with E-state index in [0.717, 1.165) is 34.3 Å². The molecule has 1 saturated carbocycles. The lowest BCUT2D eigenvalue weighted by Gasteiger charge is -2.37. The third-order valence-electron chi connectivity index (χ3n) is 9.43. The number of rotatable bonds is 10. The molecule has 4 nitrogen and oxygen atoms in total. The van der Waals surface area contributed by atoms with Crippen LogP contribution < -0.4 is 0 Å². The lowest BCUT2D eigenvalue weighted by molar-refractivity contribution is -0.134. The van der Waals surface area contributed by atoms with E-state index in [1.807, 2.05) is 96.2 Å². The third kappa shape index (κ3) is 10.6. The number of ketones is 1. The molecular weight excluding hydrogens is 544 g/mol. The van der Waals surface area contributed by atoms with E-state index in [9.17, 15) is 20.1 Å². The first-order valence-electron chi connectivity index (χ1n) is 15.9. The van der Waals surface area contributed by atoms with Gasteiger partial charge in [-0.25, -0.2) is 0 Å². The van der Waals surface area contributed by atoms with Crippen LogP contribution in [0.5, 0.6) is 0 Å². The number of hydrogen-bond donors (Lipinski definition) is 3. The second-order valence-electron chi connectivity index (χ2n) is 14.5. The van der Waals surface area contributed by atoms with Crippen molar-refractivity contribution in [1.82, 2.24) is 0 Å². The van der Waals surface area contributed by atoms with Gasteiger partial charge in [-0.15, -0.1) is 0 Å². The van der Waals surface area contributed by atoms with Crippen molar-refractivity contribution in [2.75, 3.05) is 0 Å². The molecule has 0 saturated heterocycles. The molecule has 2 aliphatic rings. The summed E-state index contributed by atoms with van der Waals surface area (Å²) in [4.78, 5) is 13.1. The molecule has 0 aromatic rings. The SMILES string of the molecule is CC1=C(C#C/C(C)=C/C=C/C(C)=C/C=C/C=C(C)/C=C/C=C(\C)C(O)CC(=O)[C@]2(C)C[C@@H](O)CC2(C)C)C(C)(C)C[C@H](O)C1. The summed E-state index contributed by atoms with van der Waals surface area (Å²) in [6, 6.07) is 0. The van der Waals surface area contributed by atoms with Crippen LogP contribution in [-0.4, -0.2) is 39.4 Å². The van der Waals surface area contributed by atoms with E-state index < -0.39 is 17.6 Å². The van der Waals surface area contributed by atoms with Crippen molar-refractivity contribution >= 4 is 5.78 Å². The number of allylic oxidation sites excluding steroid dienone is 14. The Kier molecular flexibility index (Phi) is 13.4. The lowest BCUT2D eigenvalue weighted by Crippen LogP contribution is -2.39. The highest BCUT2D eigenvalue weighted by molar-refractivity contribution is 5.86. The molecule has 1 unspecified atom stereocenters. The zero-order chi connectivity index (χ0) is 33.3. The Morgan fingerprint density at radius 1 is 0.841 bits per heavy atom. The van der Waals surface area contributed by atoms with Crippen LogP contribution in [0.3, 0.4) is 0 Å². The molecule has 0 aromatic heterocycles. The molecule has 1 fully saturated rings. The maximum absolute atomic E-state index is 13.1. The first-order valence-corrected chi connectivity index (χ1v) is 15.9. The fourth-order valence-corrected chi connectivity index (χ4v) is 6.30. The fourth-order valence-electron chi connectivity index (χ4n) is 6.30. The maximum atomic E-state index is 13.1. The van der Waals surface area contributed by atoms with Crippen molar-refractivity contribution < 1.29 is 20.1 Å². The van der Waals surface area contributed by atoms with Gasteiger partial charge in [0.05, 0.1) is 18.3 Å². The summed E-state index contributed by atoms with van der Waals surface area (Å²) in [5.74, 6) is 6.65. The van der Waals surface area contributed by atoms with Crippen LogP contribution in [0.4, 0.5) is 0 Å². The maximum Gasteiger partial charge on any atom is 0.142 e. The van der Waals surface area contributed by atoms with Gasteiger partial charge in [-0.3, -0.25) is 4.79 Å². The molecule has 0 bridgehead atoms. The van der Waals surface area contributed by atoms with Gasteiger partial charge < -0.3 is 15.3 Å². The van der Waals surface area contributed by atoms with Gasteiger partial charge in [0.1, 0.15) is 5.78 Å². The first-order chi connectivity index (χ1) is 20.4.